The van der Waals surface area contributed by atoms with Gasteiger partial charge in [-0.2, -0.15) is 0 Å². The van der Waals surface area contributed by atoms with Crippen LogP contribution in [0.4, 0.5) is 5.82 Å². The number of rotatable bonds is 4. The SMILES string of the molecule is CS(=O)(=O)N1CCCC(C(=O)N2CCCC(C(=O)Nc3ccc(Br)cn3)C2)C1. The molecule has 2 aliphatic heterocycles. The van der Waals surface area contributed by atoms with Gasteiger partial charge in [0.05, 0.1) is 18.1 Å². The standard InChI is InChI=1S/C18H25BrN4O4S/c1-28(26,27)23-9-3-5-14(12-23)18(25)22-8-2-4-13(11-22)17(24)21-16-7-6-15(19)10-20-16/h6-7,10,13-14H,2-5,8-9,11-12H2,1H3,(H,20,21,24). The first-order chi connectivity index (χ1) is 13.2. The Morgan fingerprint density at radius 1 is 1.14 bits per heavy atom. The summed E-state index contributed by atoms with van der Waals surface area (Å²) in [4.78, 5) is 31.4. The number of sulfonamides is 1. The van der Waals surface area contributed by atoms with E-state index < -0.39 is 10.0 Å². The molecule has 28 heavy (non-hydrogen) atoms. The van der Waals surface area contributed by atoms with Crippen LogP contribution in [0.15, 0.2) is 22.8 Å². The lowest BCUT2D eigenvalue weighted by Crippen LogP contribution is -2.50. The van der Waals surface area contributed by atoms with Gasteiger partial charge in [0, 0.05) is 36.8 Å². The topological polar surface area (TPSA) is 99.7 Å². The first kappa shape index (κ1) is 21.2. The fourth-order valence-electron chi connectivity index (χ4n) is 3.77. The van der Waals surface area contributed by atoms with Gasteiger partial charge in [0.25, 0.3) is 0 Å². The summed E-state index contributed by atoms with van der Waals surface area (Å²) in [7, 11) is -3.30. The Hall–Kier alpha value is -1.52. The summed E-state index contributed by atoms with van der Waals surface area (Å²) in [5.74, 6) is -0.342. The molecular weight excluding hydrogens is 448 g/mol. The number of pyridine rings is 1. The van der Waals surface area contributed by atoms with Gasteiger partial charge in [0.1, 0.15) is 5.82 Å². The van der Waals surface area contributed by atoms with E-state index in [-0.39, 0.29) is 30.2 Å². The van der Waals surface area contributed by atoms with Gasteiger partial charge in [-0.3, -0.25) is 9.59 Å². The maximum atomic E-state index is 12.9. The lowest BCUT2D eigenvalue weighted by molar-refractivity contribution is -0.139. The summed E-state index contributed by atoms with van der Waals surface area (Å²) in [5.41, 5.74) is 0. The second-order valence-corrected chi connectivity index (χ2v) is 10.3. The molecule has 8 nitrogen and oxygen atoms in total. The zero-order valence-corrected chi connectivity index (χ0v) is 18.2. The third-order valence-electron chi connectivity index (χ3n) is 5.28. The van der Waals surface area contributed by atoms with E-state index in [0.29, 0.717) is 44.7 Å². The van der Waals surface area contributed by atoms with Crippen LogP contribution in [-0.4, -0.2) is 66.9 Å². The van der Waals surface area contributed by atoms with Gasteiger partial charge in [-0.1, -0.05) is 0 Å². The van der Waals surface area contributed by atoms with Gasteiger partial charge in [0.2, 0.25) is 21.8 Å². The number of nitrogens with one attached hydrogen (secondary N) is 1. The van der Waals surface area contributed by atoms with E-state index in [0.717, 1.165) is 10.9 Å². The Morgan fingerprint density at radius 2 is 1.86 bits per heavy atom. The second kappa shape index (κ2) is 8.87. The van der Waals surface area contributed by atoms with Gasteiger partial charge >= 0.3 is 0 Å². The van der Waals surface area contributed by atoms with E-state index >= 15 is 0 Å². The van der Waals surface area contributed by atoms with Crippen LogP contribution in [0.5, 0.6) is 0 Å². The normalized spacial score (nSPS) is 24.0. The Labute approximate surface area is 173 Å². The van der Waals surface area contributed by atoms with E-state index in [1.165, 1.54) is 10.6 Å². The highest BCUT2D eigenvalue weighted by atomic mass is 79.9. The van der Waals surface area contributed by atoms with E-state index in [9.17, 15) is 18.0 Å². The molecule has 2 fully saturated rings. The molecule has 0 saturated carbocycles. The van der Waals surface area contributed by atoms with Crippen molar-refractivity contribution in [3.8, 4) is 0 Å². The number of aromatic nitrogens is 1. The predicted molar refractivity (Wildman–Crippen MR) is 109 cm³/mol. The number of anilines is 1. The summed E-state index contributed by atoms with van der Waals surface area (Å²) >= 11 is 3.31. The number of likely N-dealkylation sites (tertiary alicyclic amines) is 1. The fraction of sp³-hybridized carbons (Fsp3) is 0.611. The van der Waals surface area contributed by atoms with Crippen LogP contribution in [-0.2, 0) is 19.6 Å². The van der Waals surface area contributed by atoms with E-state index in [1.807, 2.05) is 0 Å². The zero-order valence-electron chi connectivity index (χ0n) is 15.8. The van der Waals surface area contributed by atoms with Gasteiger partial charge in [-0.25, -0.2) is 17.7 Å². The molecule has 0 spiro atoms. The van der Waals surface area contributed by atoms with Crippen LogP contribution in [0, 0.1) is 11.8 Å². The van der Waals surface area contributed by atoms with Crippen molar-refractivity contribution in [3.63, 3.8) is 0 Å². The minimum Gasteiger partial charge on any atom is -0.342 e. The van der Waals surface area contributed by atoms with Crippen LogP contribution in [0.3, 0.4) is 0 Å². The second-order valence-electron chi connectivity index (χ2n) is 7.43. The number of carbonyl (C=O) groups is 2. The third-order valence-corrected chi connectivity index (χ3v) is 7.02. The minimum atomic E-state index is -3.30. The molecule has 2 saturated heterocycles. The molecule has 0 aliphatic carbocycles. The molecule has 3 rings (SSSR count). The molecule has 0 radical (unpaired) electrons. The molecule has 2 aliphatic rings. The Balaban J connectivity index is 1.60. The molecule has 2 atom stereocenters. The fourth-order valence-corrected chi connectivity index (χ4v) is 4.92. The predicted octanol–water partition coefficient (Wildman–Crippen LogP) is 1.69. The van der Waals surface area contributed by atoms with E-state index in [4.69, 9.17) is 0 Å². The average molecular weight is 473 g/mol. The van der Waals surface area contributed by atoms with Crippen molar-refractivity contribution in [1.82, 2.24) is 14.2 Å². The largest absolute Gasteiger partial charge is 0.342 e. The summed E-state index contributed by atoms with van der Waals surface area (Å²) in [6.45, 7) is 1.66. The lowest BCUT2D eigenvalue weighted by atomic mass is 9.93. The number of piperidine rings is 2. The molecule has 2 unspecified atom stereocenters. The van der Waals surface area contributed by atoms with Gasteiger partial charge in [-0.15, -0.1) is 0 Å². The first-order valence-electron chi connectivity index (χ1n) is 9.40. The van der Waals surface area contributed by atoms with Crippen molar-refractivity contribution in [3.05, 3.63) is 22.8 Å². The van der Waals surface area contributed by atoms with Crippen molar-refractivity contribution in [1.29, 1.82) is 0 Å². The number of hydrogen-bond donors (Lipinski definition) is 1. The van der Waals surface area contributed by atoms with Crippen LogP contribution < -0.4 is 5.32 Å². The van der Waals surface area contributed by atoms with Crippen LogP contribution >= 0.6 is 15.9 Å². The van der Waals surface area contributed by atoms with Crippen molar-refractivity contribution in [2.75, 3.05) is 37.8 Å². The molecule has 0 aromatic carbocycles. The van der Waals surface area contributed by atoms with Crippen LogP contribution in [0.25, 0.3) is 0 Å². The van der Waals surface area contributed by atoms with Crippen molar-refractivity contribution in [2.24, 2.45) is 11.8 Å². The summed E-state index contributed by atoms with van der Waals surface area (Å²) in [6.07, 6.45) is 5.62. The number of carbonyl (C=O) groups excluding carboxylic acids is 2. The summed E-state index contributed by atoms with van der Waals surface area (Å²) in [5, 5.41) is 2.81. The molecule has 10 heteroatoms. The highest BCUT2D eigenvalue weighted by Crippen LogP contribution is 2.25. The maximum Gasteiger partial charge on any atom is 0.230 e. The highest BCUT2D eigenvalue weighted by molar-refractivity contribution is 9.10. The molecule has 1 aromatic rings. The molecule has 1 aromatic heterocycles. The van der Waals surface area contributed by atoms with Crippen molar-refractivity contribution in [2.45, 2.75) is 25.7 Å². The molecular formula is C18H25BrN4O4S. The highest BCUT2D eigenvalue weighted by Gasteiger charge is 2.35. The molecule has 0 bridgehead atoms. The number of nitrogens with zero attached hydrogens (tertiary/aromatic N) is 3. The average Bonchev–Trinajstić information content (AvgIpc) is 2.68. The summed E-state index contributed by atoms with van der Waals surface area (Å²) < 4.78 is 25.8. The Morgan fingerprint density at radius 3 is 2.54 bits per heavy atom. The summed E-state index contributed by atoms with van der Waals surface area (Å²) in [6, 6.07) is 3.52. The molecule has 154 valence electrons. The third kappa shape index (κ3) is 5.30. The smallest absolute Gasteiger partial charge is 0.230 e. The lowest BCUT2D eigenvalue weighted by Gasteiger charge is -2.37. The first-order valence-corrected chi connectivity index (χ1v) is 12.0. The maximum absolute atomic E-state index is 12.9. The number of halogens is 1. The van der Waals surface area contributed by atoms with E-state index in [1.54, 1.807) is 23.2 Å². The molecule has 1 N–H and O–H groups in total. The van der Waals surface area contributed by atoms with Crippen LogP contribution in [0.2, 0.25) is 0 Å². The molecule has 2 amide bonds. The van der Waals surface area contributed by atoms with Crippen molar-refractivity contribution >= 4 is 43.6 Å². The monoisotopic (exact) mass is 472 g/mol. The minimum absolute atomic E-state index is 0.0485. The van der Waals surface area contributed by atoms with Gasteiger partial charge in [-0.05, 0) is 53.7 Å². The quantitative estimate of drug-likeness (QED) is 0.718. The number of hydrogen-bond acceptors (Lipinski definition) is 5. The van der Waals surface area contributed by atoms with Gasteiger partial charge < -0.3 is 10.2 Å². The molecule has 3 heterocycles. The number of amides is 2. The van der Waals surface area contributed by atoms with Crippen LogP contribution in [0.1, 0.15) is 25.7 Å². The Kier molecular flexibility index (Phi) is 6.72. The van der Waals surface area contributed by atoms with Crippen molar-refractivity contribution < 1.29 is 18.0 Å². The van der Waals surface area contributed by atoms with Gasteiger partial charge in [0.15, 0.2) is 0 Å². The zero-order chi connectivity index (χ0) is 20.3. The van der Waals surface area contributed by atoms with E-state index in [2.05, 4.69) is 26.2 Å². The Bertz CT molecular complexity index is 830.